The Hall–Kier alpha value is 0.240. The molecule has 0 fully saturated rings. The fourth-order valence-electron chi connectivity index (χ4n) is 0.258. The number of rotatable bonds is 4. The molecular formula is C4H9FOS. The lowest BCUT2D eigenvalue weighted by Crippen LogP contribution is -1.88. The van der Waals surface area contributed by atoms with Crippen molar-refractivity contribution in [1.29, 1.82) is 0 Å². The fraction of sp³-hybridized carbons (Fsp3) is 1.00. The van der Waals surface area contributed by atoms with Crippen molar-refractivity contribution in [2.24, 2.45) is 0 Å². The minimum Gasteiger partial charge on any atom is -0.385 e. The molecule has 0 aliphatic carbocycles. The van der Waals surface area contributed by atoms with Crippen molar-refractivity contribution in [2.75, 3.05) is 19.5 Å². The molecule has 0 spiro atoms. The van der Waals surface area contributed by atoms with Gasteiger partial charge in [0.2, 0.25) is 0 Å². The lowest BCUT2D eigenvalue weighted by Gasteiger charge is -1.90. The van der Waals surface area contributed by atoms with Crippen molar-refractivity contribution in [3.63, 3.8) is 0 Å². The average Bonchev–Trinajstić information content (AvgIpc) is 1.69. The van der Waals surface area contributed by atoms with E-state index in [4.69, 9.17) is 0 Å². The van der Waals surface area contributed by atoms with E-state index >= 15 is 0 Å². The van der Waals surface area contributed by atoms with E-state index in [2.05, 4.69) is 4.74 Å². The van der Waals surface area contributed by atoms with Crippen LogP contribution in [0.15, 0.2) is 0 Å². The lowest BCUT2D eigenvalue weighted by molar-refractivity contribution is 0.200. The molecule has 0 bridgehead atoms. The van der Waals surface area contributed by atoms with Gasteiger partial charge in [-0.05, 0) is 6.42 Å². The van der Waals surface area contributed by atoms with Crippen LogP contribution in [0.3, 0.4) is 0 Å². The second kappa shape index (κ2) is 6.24. The van der Waals surface area contributed by atoms with E-state index in [0.29, 0.717) is 24.5 Å². The van der Waals surface area contributed by atoms with Gasteiger partial charge in [-0.3, -0.25) is 0 Å². The standard InChI is InChI=1S/C4H9FOS/c1-6-3-2-4-7-5/h2-4H2,1H3. The summed E-state index contributed by atoms with van der Waals surface area (Å²) in [6, 6.07) is 0. The normalized spacial score (nSPS) is 9.43. The summed E-state index contributed by atoms with van der Waals surface area (Å²) in [4.78, 5) is 0. The molecule has 0 aromatic rings. The second-order valence-electron chi connectivity index (χ2n) is 1.16. The molecule has 7 heavy (non-hydrogen) atoms. The predicted octanol–water partition coefficient (Wildman–Crippen LogP) is 1.64. The summed E-state index contributed by atoms with van der Waals surface area (Å²) in [7, 11) is 1.61. The quantitative estimate of drug-likeness (QED) is 0.527. The number of methoxy groups -OCH3 is 1. The van der Waals surface area contributed by atoms with Gasteiger partial charge >= 0.3 is 0 Å². The molecule has 0 aromatic heterocycles. The van der Waals surface area contributed by atoms with Gasteiger partial charge in [0.25, 0.3) is 0 Å². The van der Waals surface area contributed by atoms with Crippen LogP contribution in [-0.2, 0) is 4.74 Å². The molecule has 0 aromatic carbocycles. The Kier molecular flexibility index (Phi) is 6.45. The molecule has 0 atom stereocenters. The summed E-state index contributed by atoms with van der Waals surface area (Å²) in [5.41, 5.74) is 0. The van der Waals surface area contributed by atoms with E-state index in [-0.39, 0.29) is 0 Å². The largest absolute Gasteiger partial charge is 0.385 e. The van der Waals surface area contributed by atoms with Crippen molar-refractivity contribution in [3.05, 3.63) is 0 Å². The van der Waals surface area contributed by atoms with E-state index in [1.54, 1.807) is 7.11 Å². The number of ether oxygens (including phenoxy) is 1. The number of hydrogen-bond acceptors (Lipinski definition) is 2. The molecule has 0 aliphatic rings. The molecule has 0 aliphatic heterocycles. The zero-order valence-electron chi connectivity index (χ0n) is 4.32. The maximum absolute atomic E-state index is 11.2. The third-order valence-corrected chi connectivity index (χ3v) is 1.01. The van der Waals surface area contributed by atoms with Crippen LogP contribution in [0.4, 0.5) is 3.89 Å². The average molecular weight is 124 g/mol. The zero-order valence-corrected chi connectivity index (χ0v) is 5.13. The van der Waals surface area contributed by atoms with Crippen LogP contribution >= 0.6 is 12.1 Å². The summed E-state index contributed by atoms with van der Waals surface area (Å²) in [6.07, 6.45) is 0.803. The van der Waals surface area contributed by atoms with Crippen LogP contribution in [0.1, 0.15) is 6.42 Å². The molecule has 1 nitrogen and oxygen atoms in total. The van der Waals surface area contributed by atoms with Crippen LogP contribution < -0.4 is 0 Å². The maximum Gasteiger partial charge on any atom is 0.0471 e. The monoisotopic (exact) mass is 124 g/mol. The van der Waals surface area contributed by atoms with E-state index in [1.165, 1.54) is 0 Å². The van der Waals surface area contributed by atoms with Crippen LogP contribution in [0.5, 0.6) is 0 Å². The number of hydrogen-bond donors (Lipinski definition) is 0. The minimum atomic E-state index is 0.362. The predicted molar refractivity (Wildman–Crippen MR) is 30.1 cm³/mol. The van der Waals surface area contributed by atoms with E-state index in [1.807, 2.05) is 0 Å². The Labute approximate surface area is 47.5 Å². The Morgan fingerprint density at radius 3 is 2.86 bits per heavy atom. The third-order valence-electron chi connectivity index (χ3n) is 0.570. The van der Waals surface area contributed by atoms with Gasteiger partial charge in [-0.1, -0.05) is 0 Å². The van der Waals surface area contributed by atoms with Gasteiger partial charge in [-0.2, -0.15) is 3.89 Å². The molecule has 0 unspecified atom stereocenters. The van der Waals surface area contributed by atoms with Crippen LogP contribution in [0, 0.1) is 0 Å². The highest BCUT2D eigenvalue weighted by atomic mass is 32.2. The highest BCUT2D eigenvalue weighted by Crippen LogP contribution is 2.00. The van der Waals surface area contributed by atoms with Gasteiger partial charge < -0.3 is 4.74 Å². The van der Waals surface area contributed by atoms with Crippen molar-refractivity contribution in [1.82, 2.24) is 0 Å². The van der Waals surface area contributed by atoms with Crippen molar-refractivity contribution >= 4 is 12.1 Å². The third kappa shape index (κ3) is 6.24. The molecular weight excluding hydrogens is 115 g/mol. The van der Waals surface area contributed by atoms with E-state index < -0.39 is 0 Å². The summed E-state index contributed by atoms with van der Waals surface area (Å²) < 4.78 is 15.8. The van der Waals surface area contributed by atoms with Crippen molar-refractivity contribution in [2.45, 2.75) is 6.42 Å². The van der Waals surface area contributed by atoms with Crippen LogP contribution in [-0.4, -0.2) is 19.5 Å². The highest BCUT2D eigenvalue weighted by molar-refractivity contribution is 7.94. The molecule has 0 saturated heterocycles. The molecule has 0 saturated carbocycles. The van der Waals surface area contributed by atoms with Gasteiger partial charge in [-0.15, -0.1) is 0 Å². The summed E-state index contributed by atoms with van der Waals surface area (Å²) in [5, 5.41) is 0. The topological polar surface area (TPSA) is 9.23 Å². The molecule has 0 amide bonds. The zero-order chi connectivity index (χ0) is 5.54. The Balaban J connectivity index is 2.45. The SMILES string of the molecule is COCCCSF. The van der Waals surface area contributed by atoms with Crippen molar-refractivity contribution < 1.29 is 8.62 Å². The van der Waals surface area contributed by atoms with Gasteiger partial charge in [0, 0.05) is 31.6 Å². The first kappa shape index (κ1) is 7.24. The van der Waals surface area contributed by atoms with E-state index in [9.17, 15) is 3.89 Å². The lowest BCUT2D eigenvalue weighted by atomic mass is 10.5. The van der Waals surface area contributed by atoms with Crippen molar-refractivity contribution in [3.8, 4) is 0 Å². The second-order valence-corrected chi connectivity index (χ2v) is 1.79. The van der Waals surface area contributed by atoms with Gasteiger partial charge in [0.15, 0.2) is 0 Å². The Morgan fingerprint density at radius 1 is 1.71 bits per heavy atom. The molecule has 44 valence electrons. The van der Waals surface area contributed by atoms with Gasteiger partial charge in [0.05, 0.1) is 0 Å². The van der Waals surface area contributed by atoms with Crippen LogP contribution in [0.2, 0.25) is 0 Å². The van der Waals surface area contributed by atoms with Gasteiger partial charge in [-0.25, -0.2) is 0 Å². The molecule has 0 N–H and O–H groups in total. The van der Waals surface area contributed by atoms with Gasteiger partial charge in [0.1, 0.15) is 0 Å². The van der Waals surface area contributed by atoms with E-state index in [0.717, 1.165) is 6.42 Å². The fourth-order valence-corrected chi connectivity index (χ4v) is 0.485. The summed E-state index contributed by atoms with van der Waals surface area (Å²) in [5.74, 6) is 0.549. The Morgan fingerprint density at radius 2 is 2.43 bits per heavy atom. The van der Waals surface area contributed by atoms with Crippen LogP contribution in [0.25, 0.3) is 0 Å². The highest BCUT2D eigenvalue weighted by Gasteiger charge is 1.83. The Bertz CT molecular complexity index is 30.9. The molecule has 0 rings (SSSR count). The minimum absolute atomic E-state index is 0.362. The first-order valence-electron chi connectivity index (χ1n) is 2.14. The smallest absolute Gasteiger partial charge is 0.0471 e. The summed E-state index contributed by atoms with van der Waals surface area (Å²) >= 11 is 0.362. The maximum atomic E-state index is 11.2. The first-order valence-corrected chi connectivity index (χ1v) is 3.03. The number of halogens is 1. The first-order chi connectivity index (χ1) is 3.41. The molecule has 3 heteroatoms. The molecule has 0 heterocycles. The molecule has 0 radical (unpaired) electrons. The summed E-state index contributed by atoms with van der Waals surface area (Å²) in [6.45, 7) is 0.664.